The van der Waals surface area contributed by atoms with Crippen molar-refractivity contribution in [1.29, 1.82) is 5.26 Å². The van der Waals surface area contributed by atoms with Crippen molar-refractivity contribution in [2.24, 2.45) is 7.05 Å². The van der Waals surface area contributed by atoms with Gasteiger partial charge in [0.2, 0.25) is 5.88 Å². The molecular weight excluding hydrogens is 601 g/mol. The van der Waals surface area contributed by atoms with Crippen LogP contribution in [0.1, 0.15) is 59.7 Å². The molecule has 2 aliphatic heterocycles. The van der Waals surface area contributed by atoms with Crippen molar-refractivity contribution in [3.63, 3.8) is 0 Å². The number of pyridine rings is 1. The molecule has 2 N–H and O–H groups in total. The number of aromatic nitrogens is 5. The van der Waals surface area contributed by atoms with Gasteiger partial charge >= 0.3 is 0 Å². The van der Waals surface area contributed by atoms with Crippen molar-refractivity contribution in [2.45, 2.75) is 57.3 Å². The second kappa shape index (κ2) is 13.2. The van der Waals surface area contributed by atoms with Gasteiger partial charge in [0.25, 0.3) is 0 Å². The van der Waals surface area contributed by atoms with Crippen LogP contribution in [0, 0.1) is 17.1 Å². The van der Waals surface area contributed by atoms with Crippen LogP contribution in [-0.4, -0.2) is 65.2 Å². The minimum Gasteiger partial charge on any atom is -0.473 e. The van der Waals surface area contributed by atoms with Crippen LogP contribution in [0.25, 0.3) is 22.3 Å². The van der Waals surface area contributed by atoms with Crippen LogP contribution >= 0.6 is 0 Å². The predicted molar refractivity (Wildman–Crippen MR) is 170 cm³/mol. The molecule has 0 spiro atoms. The number of likely N-dealkylation sites (tertiary alicyclic amines) is 1. The molecule has 2 aliphatic rings. The van der Waals surface area contributed by atoms with E-state index in [-0.39, 0.29) is 24.2 Å². The minimum absolute atomic E-state index is 0.0279. The molecule has 0 saturated carbocycles. The Bertz CT molecular complexity index is 1940. The van der Waals surface area contributed by atoms with Gasteiger partial charge in [-0.05, 0) is 68.8 Å². The SMILES string of the molecule is Cn1ccc(-c2cc(C(O)O)cc3c2nc(CN2CCC(c4cccc(OCc5ccc(C#N)cc5F)n4)CC2)n3C[C@@H]2CCO2)n1. The first-order chi connectivity index (χ1) is 22.8. The van der Waals surface area contributed by atoms with Gasteiger partial charge in [-0.3, -0.25) is 9.58 Å². The lowest BCUT2D eigenvalue weighted by atomic mass is 9.93. The Morgan fingerprint density at radius 3 is 2.60 bits per heavy atom. The number of nitriles is 1. The third kappa shape index (κ3) is 6.61. The number of aliphatic hydroxyl groups excluding tert-OH is 1. The van der Waals surface area contributed by atoms with Crippen LogP contribution in [0.3, 0.4) is 0 Å². The van der Waals surface area contributed by atoms with Gasteiger partial charge in [-0.2, -0.15) is 10.4 Å². The average molecular weight is 638 g/mol. The summed E-state index contributed by atoms with van der Waals surface area (Å²) >= 11 is 0. The number of halogens is 1. The van der Waals surface area contributed by atoms with E-state index >= 15 is 0 Å². The van der Waals surface area contributed by atoms with E-state index in [9.17, 15) is 14.6 Å². The van der Waals surface area contributed by atoms with Gasteiger partial charge in [-0.25, -0.2) is 14.4 Å². The lowest BCUT2D eigenvalue weighted by Crippen LogP contribution is -2.35. The van der Waals surface area contributed by atoms with E-state index in [4.69, 9.17) is 24.7 Å². The molecule has 242 valence electrons. The van der Waals surface area contributed by atoms with E-state index in [1.165, 1.54) is 6.07 Å². The lowest BCUT2D eigenvalue weighted by molar-refractivity contribution is -0.0592. The molecule has 3 aromatic heterocycles. The van der Waals surface area contributed by atoms with Crippen molar-refractivity contribution < 1.29 is 24.1 Å². The van der Waals surface area contributed by atoms with E-state index in [0.29, 0.717) is 30.1 Å². The highest BCUT2D eigenvalue weighted by Gasteiger charge is 2.27. The van der Waals surface area contributed by atoms with Gasteiger partial charge in [-0.15, -0.1) is 0 Å². The number of benzene rings is 2. The fourth-order valence-electron chi connectivity index (χ4n) is 6.36. The molecule has 2 saturated heterocycles. The fraction of sp³-hybridized carbons (Fsp3) is 0.371. The summed E-state index contributed by atoms with van der Waals surface area (Å²) in [7, 11) is 1.85. The highest BCUT2D eigenvalue weighted by Crippen LogP contribution is 2.34. The summed E-state index contributed by atoms with van der Waals surface area (Å²) in [5.41, 5.74) is 5.07. The van der Waals surface area contributed by atoms with Crippen molar-refractivity contribution in [3.05, 3.63) is 94.8 Å². The zero-order valence-corrected chi connectivity index (χ0v) is 26.1. The topological polar surface area (TPSA) is 134 Å². The third-order valence-corrected chi connectivity index (χ3v) is 9.10. The normalized spacial score (nSPS) is 17.2. The summed E-state index contributed by atoms with van der Waals surface area (Å²) < 4.78 is 29.8. The Hall–Kier alpha value is -4.67. The van der Waals surface area contributed by atoms with E-state index in [1.54, 1.807) is 28.9 Å². The molecule has 2 aromatic carbocycles. The van der Waals surface area contributed by atoms with Crippen LogP contribution in [-0.2, 0) is 31.5 Å². The molecule has 11 nitrogen and oxygen atoms in total. The standard InChI is InChI=1S/C35H36FN7O4/c1-41-11-9-30(40-41)27-16-25(35(44)45)17-31-34(27)39-32(43(31)19-26-10-14-46-26)20-42-12-7-23(8-13-42)29-3-2-4-33(38-29)47-21-24-6-5-22(18-37)15-28(24)36/h2-6,9,11,15-17,23,26,35,44-45H,7-8,10,12-14,19-21H2,1H3/t26-/m0/s1. The summed E-state index contributed by atoms with van der Waals surface area (Å²) in [5.74, 6) is 1.13. The molecule has 0 amide bonds. The molecule has 0 unspecified atom stereocenters. The molecule has 5 heterocycles. The van der Waals surface area contributed by atoms with Crippen LogP contribution in [0.4, 0.5) is 4.39 Å². The summed E-state index contributed by atoms with van der Waals surface area (Å²) in [6.07, 6.45) is 3.12. The molecule has 12 heteroatoms. The molecule has 0 bridgehead atoms. The second-order valence-electron chi connectivity index (χ2n) is 12.3. The molecular formula is C35H36FN7O4. The number of imidazole rings is 1. The van der Waals surface area contributed by atoms with E-state index in [1.807, 2.05) is 43.6 Å². The van der Waals surface area contributed by atoms with E-state index in [0.717, 1.165) is 72.8 Å². The maximum atomic E-state index is 14.3. The Kier molecular flexibility index (Phi) is 8.70. The molecule has 47 heavy (non-hydrogen) atoms. The monoisotopic (exact) mass is 637 g/mol. The summed E-state index contributed by atoms with van der Waals surface area (Å²) in [6, 6.07) is 17.5. The van der Waals surface area contributed by atoms with Crippen molar-refractivity contribution >= 4 is 11.0 Å². The number of nitrogens with zero attached hydrogens (tertiary/aromatic N) is 7. The molecule has 2 fully saturated rings. The van der Waals surface area contributed by atoms with Crippen molar-refractivity contribution in [1.82, 2.24) is 29.2 Å². The first-order valence-corrected chi connectivity index (χ1v) is 15.9. The number of fused-ring (bicyclic) bond motifs is 1. The number of ether oxygens (including phenoxy) is 2. The fourth-order valence-corrected chi connectivity index (χ4v) is 6.36. The number of hydrogen-bond acceptors (Lipinski definition) is 9. The van der Waals surface area contributed by atoms with Gasteiger partial charge in [-0.1, -0.05) is 12.1 Å². The highest BCUT2D eigenvalue weighted by atomic mass is 19.1. The largest absolute Gasteiger partial charge is 0.473 e. The Morgan fingerprint density at radius 2 is 1.91 bits per heavy atom. The van der Waals surface area contributed by atoms with Crippen LogP contribution in [0.2, 0.25) is 0 Å². The van der Waals surface area contributed by atoms with E-state index < -0.39 is 12.1 Å². The quantitative estimate of drug-likeness (QED) is 0.211. The average Bonchev–Trinajstić information content (AvgIpc) is 3.64. The number of rotatable bonds is 10. The number of aryl methyl sites for hydroxylation is 1. The predicted octanol–water partition coefficient (Wildman–Crippen LogP) is 4.57. The van der Waals surface area contributed by atoms with Crippen LogP contribution in [0.5, 0.6) is 5.88 Å². The number of aliphatic hydroxyl groups is 2. The first-order valence-electron chi connectivity index (χ1n) is 15.9. The Morgan fingerprint density at radius 1 is 1.09 bits per heavy atom. The minimum atomic E-state index is -1.62. The van der Waals surface area contributed by atoms with Crippen LogP contribution < -0.4 is 4.74 Å². The molecule has 0 aliphatic carbocycles. The molecule has 1 atom stereocenters. The van der Waals surface area contributed by atoms with Gasteiger partial charge in [0.1, 0.15) is 18.2 Å². The number of piperidine rings is 1. The van der Waals surface area contributed by atoms with E-state index in [2.05, 4.69) is 14.6 Å². The van der Waals surface area contributed by atoms with Gasteiger partial charge < -0.3 is 24.3 Å². The number of hydrogen-bond donors (Lipinski definition) is 2. The summed E-state index contributed by atoms with van der Waals surface area (Å²) in [4.78, 5) is 12.3. The third-order valence-electron chi connectivity index (χ3n) is 9.10. The first kappa shape index (κ1) is 31.0. The Balaban J connectivity index is 1.07. The van der Waals surface area contributed by atoms with Crippen LogP contribution in [0.15, 0.2) is 60.8 Å². The van der Waals surface area contributed by atoms with Gasteiger partial charge in [0.15, 0.2) is 6.29 Å². The molecule has 5 aromatic rings. The molecule has 7 rings (SSSR count). The highest BCUT2D eigenvalue weighted by molar-refractivity contribution is 5.92. The maximum Gasteiger partial charge on any atom is 0.213 e. The smallest absolute Gasteiger partial charge is 0.213 e. The Labute approximate surface area is 271 Å². The van der Waals surface area contributed by atoms with Crippen molar-refractivity contribution in [3.8, 4) is 23.2 Å². The summed E-state index contributed by atoms with van der Waals surface area (Å²) in [6.45, 7) is 3.75. The second-order valence-corrected chi connectivity index (χ2v) is 12.3. The maximum absolute atomic E-state index is 14.3. The zero-order valence-electron chi connectivity index (χ0n) is 26.1. The van der Waals surface area contributed by atoms with Gasteiger partial charge in [0.05, 0.1) is 47.6 Å². The molecule has 0 radical (unpaired) electrons. The lowest BCUT2D eigenvalue weighted by Gasteiger charge is -2.32. The summed E-state index contributed by atoms with van der Waals surface area (Å²) in [5, 5.41) is 33.8. The van der Waals surface area contributed by atoms with Crippen molar-refractivity contribution in [2.75, 3.05) is 19.7 Å². The van der Waals surface area contributed by atoms with Gasteiger partial charge in [0, 0.05) is 54.2 Å². The zero-order chi connectivity index (χ0) is 32.5.